The molecule has 0 radical (unpaired) electrons. The number of fused-ring (bicyclic) bond motifs is 1. The van der Waals surface area contributed by atoms with E-state index in [2.05, 4.69) is 39.4 Å². The lowest BCUT2D eigenvalue weighted by atomic mass is 10.0. The van der Waals surface area contributed by atoms with Crippen LogP contribution in [0.1, 0.15) is 11.1 Å². The lowest BCUT2D eigenvalue weighted by Crippen LogP contribution is -2.30. The van der Waals surface area contributed by atoms with Crippen molar-refractivity contribution in [2.24, 2.45) is 0 Å². The standard InChI is InChI=1S/C13H13N3O2S2/c17-11(18)8-19-13-15-14-12(20-13)16-6-5-9-3-1-2-4-10(9)7-16/h1-4H,5-8H2,(H,17,18). The van der Waals surface area contributed by atoms with Gasteiger partial charge in [0.1, 0.15) is 0 Å². The van der Waals surface area contributed by atoms with Crippen LogP contribution in [0.2, 0.25) is 0 Å². The molecule has 0 saturated heterocycles. The van der Waals surface area contributed by atoms with Gasteiger partial charge in [-0.25, -0.2) is 0 Å². The minimum atomic E-state index is -0.835. The van der Waals surface area contributed by atoms with E-state index >= 15 is 0 Å². The third kappa shape index (κ3) is 2.94. The summed E-state index contributed by atoms with van der Waals surface area (Å²) in [5.41, 5.74) is 2.72. The Balaban J connectivity index is 1.70. The second-order valence-electron chi connectivity index (χ2n) is 4.47. The van der Waals surface area contributed by atoms with Gasteiger partial charge in [0, 0.05) is 13.1 Å². The van der Waals surface area contributed by atoms with Crippen molar-refractivity contribution < 1.29 is 9.90 Å². The topological polar surface area (TPSA) is 66.3 Å². The molecular weight excluding hydrogens is 294 g/mol. The summed E-state index contributed by atoms with van der Waals surface area (Å²) in [5.74, 6) is -0.809. The Kier molecular flexibility index (Phi) is 3.88. The minimum Gasteiger partial charge on any atom is -0.481 e. The normalized spacial score (nSPS) is 14.1. The molecule has 2 heterocycles. The molecule has 0 amide bonds. The van der Waals surface area contributed by atoms with E-state index in [1.807, 2.05) is 0 Å². The molecule has 20 heavy (non-hydrogen) atoms. The number of anilines is 1. The van der Waals surface area contributed by atoms with Crippen LogP contribution >= 0.6 is 23.1 Å². The van der Waals surface area contributed by atoms with E-state index in [1.54, 1.807) is 0 Å². The first-order valence-electron chi connectivity index (χ1n) is 6.22. The molecular formula is C13H13N3O2S2. The number of carbonyl (C=O) groups is 1. The average molecular weight is 307 g/mol. The molecule has 0 atom stereocenters. The molecule has 0 bridgehead atoms. The quantitative estimate of drug-likeness (QED) is 0.874. The number of nitrogens with zero attached hydrogens (tertiary/aromatic N) is 3. The molecule has 1 N–H and O–H groups in total. The Labute approximate surface area is 124 Å². The molecule has 1 aromatic carbocycles. The van der Waals surface area contributed by atoms with E-state index in [0.29, 0.717) is 4.34 Å². The van der Waals surface area contributed by atoms with E-state index in [-0.39, 0.29) is 5.75 Å². The predicted molar refractivity (Wildman–Crippen MR) is 79.5 cm³/mol. The van der Waals surface area contributed by atoms with Crippen LogP contribution in [0.4, 0.5) is 5.13 Å². The molecule has 0 spiro atoms. The Morgan fingerprint density at radius 2 is 2.15 bits per heavy atom. The molecule has 5 nitrogen and oxygen atoms in total. The van der Waals surface area contributed by atoms with Crippen molar-refractivity contribution in [3.05, 3.63) is 35.4 Å². The highest BCUT2D eigenvalue weighted by atomic mass is 32.2. The molecule has 0 aliphatic carbocycles. The van der Waals surface area contributed by atoms with Gasteiger partial charge in [-0.15, -0.1) is 10.2 Å². The number of aromatic nitrogens is 2. The smallest absolute Gasteiger partial charge is 0.313 e. The van der Waals surface area contributed by atoms with Gasteiger partial charge in [0.05, 0.1) is 5.75 Å². The molecule has 104 valence electrons. The van der Waals surface area contributed by atoms with Crippen molar-refractivity contribution in [3.8, 4) is 0 Å². The summed E-state index contributed by atoms with van der Waals surface area (Å²) in [6.45, 7) is 1.77. The SMILES string of the molecule is O=C(O)CSc1nnc(N2CCc3ccccc3C2)s1. The first-order valence-corrected chi connectivity index (χ1v) is 8.02. The van der Waals surface area contributed by atoms with Gasteiger partial charge >= 0.3 is 5.97 Å². The lowest BCUT2D eigenvalue weighted by molar-refractivity contribution is -0.133. The fourth-order valence-electron chi connectivity index (χ4n) is 2.17. The van der Waals surface area contributed by atoms with Crippen molar-refractivity contribution in [2.45, 2.75) is 17.3 Å². The van der Waals surface area contributed by atoms with Crippen LogP contribution in [-0.2, 0) is 17.8 Å². The number of benzene rings is 1. The largest absolute Gasteiger partial charge is 0.481 e. The molecule has 1 aromatic heterocycles. The van der Waals surface area contributed by atoms with Gasteiger partial charge in [0.2, 0.25) is 5.13 Å². The fraction of sp³-hybridized carbons (Fsp3) is 0.308. The fourth-order valence-corrected chi connectivity index (χ4v) is 3.76. The number of hydrogen-bond acceptors (Lipinski definition) is 6. The van der Waals surface area contributed by atoms with E-state index in [9.17, 15) is 4.79 Å². The van der Waals surface area contributed by atoms with Crippen LogP contribution in [0, 0.1) is 0 Å². The van der Waals surface area contributed by atoms with Gasteiger partial charge < -0.3 is 10.0 Å². The summed E-state index contributed by atoms with van der Waals surface area (Å²) >= 11 is 2.68. The zero-order valence-corrected chi connectivity index (χ0v) is 12.3. The van der Waals surface area contributed by atoms with Gasteiger partial charge in [0.15, 0.2) is 4.34 Å². The van der Waals surface area contributed by atoms with Gasteiger partial charge in [-0.1, -0.05) is 47.4 Å². The van der Waals surface area contributed by atoms with E-state index < -0.39 is 5.97 Å². The zero-order valence-electron chi connectivity index (χ0n) is 10.7. The predicted octanol–water partition coefficient (Wildman–Crippen LogP) is 2.28. The lowest BCUT2D eigenvalue weighted by Gasteiger charge is -2.27. The maximum Gasteiger partial charge on any atom is 0.313 e. The summed E-state index contributed by atoms with van der Waals surface area (Å²) in [4.78, 5) is 12.7. The monoisotopic (exact) mass is 307 g/mol. The van der Waals surface area contributed by atoms with Crippen molar-refractivity contribution in [1.82, 2.24) is 10.2 Å². The third-order valence-electron chi connectivity index (χ3n) is 3.12. The number of thioether (sulfide) groups is 1. The number of carboxylic acids is 1. The van der Waals surface area contributed by atoms with Crippen LogP contribution in [0.5, 0.6) is 0 Å². The molecule has 1 aliphatic rings. The molecule has 0 unspecified atom stereocenters. The molecule has 1 aliphatic heterocycles. The summed E-state index contributed by atoms with van der Waals surface area (Å²) in [5, 5.41) is 17.7. The first-order chi connectivity index (χ1) is 9.72. The summed E-state index contributed by atoms with van der Waals surface area (Å²) in [6.07, 6.45) is 1.01. The second-order valence-corrected chi connectivity index (χ2v) is 6.65. The maximum absolute atomic E-state index is 10.5. The number of hydrogen-bond donors (Lipinski definition) is 1. The van der Waals surface area contributed by atoms with Gasteiger partial charge in [-0.3, -0.25) is 4.79 Å². The van der Waals surface area contributed by atoms with E-state index in [1.165, 1.54) is 34.2 Å². The van der Waals surface area contributed by atoms with Crippen LogP contribution in [0.3, 0.4) is 0 Å². The Morgan fingerprint density at radius 1 is 1.35 bits per heavy atom. The molecule has 7 heteroatoms. The second kappa shape index (κ2) is 5.80. The zero-order chi connectivity index (χ0) is 13.9. The number of aliphatic carboxylic acids is 1. The highest BCUT2D eigenvalue weighted by Crippen LogP contribution is 2.31. The highest BCUT2D eigenvalue weighted by molar-refractivity contribution is 8.01. The molecule has 2 aromatic rings. The van der Waals surface area contributed by atoms with E-state index in [4.69, 9.17) is 5.11 Å². The van der Waals surface area contributed by atoms with Crippen LogP contribution in [-0.4, -0.2) is 33.6 Å². The first kappa shape index (κ1) is 13.4. The Hall–Kier alpha value is -1.60. The Morgan fingerprint density at radius 3 is 2.95 bits per heavy atom. The van der Waals surface area contributed by atoms with Crippen molar-refractivity contribution in [3.63, 3.8) is 0 Å². The van der Waals surface area contributed by atoms with Crippen molar-refractivity contribution in [1.29, 1.82) is 0 Å². The van der Waals surface area contributed by atoms with E-state index in [0.717, 1.165) is 24.6 Å². The molecule has 3 rings (SSSR count). The molecule has 0 saturated carbocycles. The van der Waals surface area contributed by atoms with Crippen molar-refractivity contribution >= 4 is 34.2 Å². The van der Waals surface area contributed by atoms with Crippen LogP contribution in [0.25, 0.3) is 0 Å². The Bertz CT molecular complexity index is 630. The molecule has 0 fully saturated rings. The summed E-state index contributed by atoms with van der Waals surface area (Å²) < 4.78 is 0.709. The number of carboxylic acid groups (broad SMARTS) is 1. The average Bonchev–Trinajstić information content (AvgIpc) is 2.93. The summed E-state index contributed by atoms with van der Waals surface area (Å²) in [7, 11) is 0. The van der Waals surface area contributed by atoms with Crippen LogP contribution in [0.15, 0.2) is 28.6 Å². The summed E-state index contributed by atoms with van der Waals surface area (Å²) in [6, 6.07) is 8.43. The van der Waals surface area contributed by atoms with Crippen LogP contribution < -0.4 is 4.90 Å². The van der Waals surface area contributed by atoms with Gasteiger partial charge in [-0.2, -0.15) is 0 Å². The number of rotatable bonds is 4. The van der Waals surface area contributed by atoms with Crippen molar-refractivity contribution in [2.75, 3.05) is 17.2 Å². The maximum atomic E-state index is 10.5. The minimum absolute atomic E-state index is 0.0253. The third-order valence-corrected chi connectivity index (χ3v) is 5.22. The van der Waals surface area contributed by atoms with Gasteiger partial charge in [-0.05, 0) is 17.5 Å². The van der Waals surface area contributed by atoms with Gasteiger partial charge in [0.25, 0.3) is 0 Å². The highest BCUT2D eigenvalue weighted by Gasteiger charge is 2.19.